The largest absolute Gasteiger partial charge is 0.369 e. The smallest absolute Gasteiger partial charge is 0.317 e. The van der Waals surface area contributed by atoms with Crippen LogP contribution in [-0.2, 0) is 6.54 Å². The van der Waals surface area contributed by atoms with Gasteiger partial charge in [-0.3, -0.25) is 0 Å². The van der Waals surface area contributed by atoms with E-state index in [9.17, 15) is 4.79 Å². The van der Waals surface area contributed by atoms with E-state index in [-0.39, 0.29) is 6.03 Å². The quantitative estimate of drug-likeness (QED) is 0.682. The summed E-state index contributed by atoms with van der Waals surface area (Å²) in [4.78, 5) is 16.8. The van der Waals surface area contributed by atoms with Crippen LogP contribution < -0.4 is 11.1 Å². The number of nitrogens with two attached hydrogens (primary N) is 1. The molecule has 0 unspecified atom stereocenters. The zero-order chi connectivity index (χ0) is 9.97. The molecule has 3 N–H and O–H groups in total. The van der Waals surface area contributed by atoms with E-state index in [1.807, 2.05) is 10.8 Å². The van der Waals surface area contributed by atoms with Crippen LogP contribution in [0.3, 0.4) is 0 Å². The van der Waals surface area contributed by atoms with E-state index in [2.05, 4.69) is 10.3 Å². The summed E-state index contributed by atoms with van der Waals surface area (Å²) in [5.41, 5.74) is 5.59. The highest BCUT2D eigenvalue weighted by Gasteiger charge is 2.18. The number of anilines is 1. The minimum atomic E-state index is 0.00341. The second kappa shape index (κ2) is 3.57. The molecule has 0 radical (unpaired) electrons. The Bertz CT molecular complexity index is 334. The Kier molecular flexibility index (Phi) is 2.26. The number of hydrogen-bond acceptors (Lipinski definition) is 3. The van der Waals surface area contributed by atoms with Gasteiger partial charge in [-0.2, -0.15) is 0 Å². The molecule has 2 rings (SSSR count). The number of amides is 2. The summed E-state index contributed by atoms with van der Waals surface area (Å²) in [7, 11) is 0. The number of nitrogens with zero attached hydrogens (tertiary/aromatic N) is 3. The van der Waals surface area contributed by atoms with Gasteiger partial charge in [0.25, 0.3) is 0 Å². The van der Waals surface area contributed by atoms with Gasteiger partial charge < -0.3 is 20.5 Å². The Balaban J connectivity index is 1.88. The molecule has 76 valence electrons. The van der Waals surface area contributed by atoms with E-state index < -0.39 is 0 Å². The van der Waals surface area contributed by atoms with Crippen molar-refractivity contribution in [3.63, 3.8) is 0 Å². The predicted octanol–water partition coefficient (Wildman–Crippen LogP) is -0.510. The average Bonchev–Trinajstić information content (AvgIpc) is 2.72. The van der Waals surface area contributed by atoms with Gasteiger partial charge in [0.05, 0.1) is 0 Å². The first kappa shape index (κ1) is 8.86. The van der Waals surface area contributed by atoms with E-state index in [4.69, 9.17) is 5.73 Å². The normalized spacial score (nSPS) is 16.0. The fourth-order valence-corrected chi connectivity index (χ4v) is 1.48. The third-order valence-corrected chi connectivity index (χ3v) is 2.30. The number of hydrogen-bond donors (Lipinski definition) is 2. The fourth-order valence-electron chi connectivity index (χ4n) is 1.48. The molecule has 0 atom stereocenters. The van der Waals surface area contributed by atoms with Crippen molar-refractivity contribution in [1.82, 2.24) is 19.8 Å². The zero-order valence-corrected chi connectivity index (χ0v) is 7.81. The second-order valence-corrected chi connectivity index (χ2v) is 3.20. The molecule has 0 spiro atoms. The number of nitrogen functional groups attached to an aromatic ring is 1. The topological polar surface area (TPSA) is 76.2 Å². The van der Waals surface area contributed by atoms with E-state index in [1.165, 1.54) is 0 Å². The molecule has 1 aliphatic rings. The summed E-state index contributed by atoms with van der Waals surface area (Å²) < 4.78 is 1.82. The Morgan fingerprint density at radius 1 is 1.57 bits per heavy atom. The molecule has 0 aliphatic carbocycles. The minimum absolute atomic E-state index is 0.00341. The third-order valence-electron chi connectivity index (χ3n) is 2.30. The average molecular weight is 195 g/mol. The Morgan fingerprint density at radius 3 is 3.00 bits per heavy atom. The van der Waals surface area contributed by atoms with Crippen LogP contribution in [-0.4, -0.2) is 40.1 Å². The zero-order valence-electron chi connectivity index (χ0n) is 7.81. The Labute approximate surface area is 81.7 Å². The highest BCUT2D eigenvalue weighted by Crippen LogP contribution is 2.01. The molecule has 6 nitrogen and oxygen atoms in total. The van der Waals surface area contributed by atoms with Crippen LogP contribution in [0.15, 0.2) is 12.4 Å². The number of urea groups is 1. The van der Waals surface area contributed by atoms with Crippen molar-refractivity contribution in [3.8, 4) is 0 Å². The SMILES string of the molecule is Nc1nccn1CCN1CCNC1=O. The van der Waals surface area contributed by atoms with Crippen LogP contribution in [0.5, 0.6) is 0 Å². The molecule has 6 heteroatoms. The van der Waals surface area contributed by atoms with Gasteiger partial charge in [-0.1, -0.05) is 0 Å². The summed E-state index contributed by atoms with van der Waals surface area (Å²) in [5, 5.41) is 2.75. The molecule has 1 fully saturated rings. The van der Waals surface area contributed by atoms with Crippen molar-refractivity contribution < 1.29 is 4.79 Å². The molecule has 2 amide bonds. The van der Waals surface area contributed by atoms with Gasteiger partial charge in [-0.15, -0.1) is 0 Å². The molecule has 14 heavy (non-hydrogen) atoms. The van der Waals surface area contributed by atoms with Crippen LogP contribution in [0.4, 0.5) is 10.7 Å². The molecular weight excluding hydrogens is 182 g/mol. The van der Waals surface area contributed by atoms with Gasteiger partial charge in [-0.05, 0) is 0 Å². The summed E-state index contributed by atoms with van der Waals surface area (Å²) in [6.07, 6.45) is 3.46. The first-order chi connectivity index (χ1) is 6.77. The van der Waals surface area contributed by atoms with Crippen LogP contribution in [0.25, 0.3) is 0 Å². The lowest BCUT2D eigenvalue weighted by Crippen LogP contribution is -2.31. The standard InChI is InChI=1S/C8H13N5O/c9-7-10-1-3-12(7)5-6-13-4-2-11-8(13)14/h1,3H,2,4-6H2,(H2,9,10)(H,11,14). The van der Waals surface area contributed by atoms with Crippen LogP contribution >= 0.6 is 0 Å². The first-order valence-electron chi connectivity index (χ1n) is 4.57. The summed E-state index contributed by atoms with van der Waals surface area (Å²) in [5.74, 6) is 0.490. The van der Waals surface area contributed by atoms with Gasteiger partial charge in [0, 0.05) is 38.6 Å². The lowest BCUT2D eigenvalue weighted by molar-refractivity contribution is 0.215. The number of carbonyl (C=O) groups is 1. The maximum absolute atomic E-state index is 11.2. The van der Waals surface area contributed by atoms with E-state index in [1.54, 1.807) is 11.1 Å². The fraction of sp³-hybridized carbons (Fsp3) is 0.500. The predicted molar refractivity (Wildman–Crippen MR) is 51.6 cm³/mol. The Morgan fingerprint density at radius 2 is 2.43 bits per heavy atom. The molecular formula is C8H13N5O. The van der Waals surface area contributed by atoms with Gasteiger partial charge in [0.2, 0.25) is 0 Å². The molecule has 0 saturated carbocycles. The van der Waals surface area contributed by atoms with E-state index >= 15 is 0 Å². The van der Waals surface area contributed by atoms with E-state index in [0.29, 0.717) is 19.0 Å². The number of imidazole rings is 1. The number of aromatic nitrogens is 2. The summed E-state index contributed by atoms with van der Waals surface area (Å²) in [6, 6.07) is 0.00341. The van der Waals surface area contributed by atoms with Crippen molar-refractivity contribution in [2.24, 2.45) is 0 Å². The van der Waals surface area contributed by atoms with Crippen molar-refractivity contribution in [3.05, 3.63) is 12.4 Å². The molecule has 1 aromatic rings. The maximum Gasteiger partial charge on any atom is 0.317 e. The lowest BCUT2D eigenvalue weighted by Gasteiger charge is -2.14. The molecule has 1 saturated heterocycles. The number of carbonyl (C=O) groups excluding carboxylic acids is 1. The van der Waals surface area contributed by atoms with Crippen molar-refractivity contribution in [2.45, 2.75) is 6.54 Å². The Hall–Kier alpha value is -1.72. The van der Waals surface area contributed by atoms with Crippen molar-refractivity contribution in [2.75, 3.05) is 25.4 Å². The molecule has 0 aromatic carbocycles. The minimum Gasteiger partial charge on any atom is -0.369 e. The second-order valence-electron chi connectivity index (χ2n) is 3.20. The maximum atomic E-state index is 11.2. The van der Waals surface area contributed by atoms with Gasteiger partial charge >= 0.3 is 6.03 Å². The van der Waals surface area contributed by atoms with Crippen molar-refractivity contribution >= 4 is 12.0 Å². The molecule has 1 aliphatic heterocycles. The number of nitrogens with one attached hydrogen (secondary N) is 1. The lowest BCUT2D eigenvalue weighted by atomic mass is 10.5. The first-order valence-corrected chi connectivity index (χ1v) is 4.57. The van der Waals surface area contributed by atoms with Gasteiger partial charge in [0.1, 0.15) is 0 Å². The number of rotatable bonds is 3. The third kappa shape index (κ3) is 1.63. The van der Waals surface area contributed by atoms with Crippen LogP contribution in [0.1, 0.15) is 0 Å². The van der Waals surface area contributed by atoms with Crippen LogP contribution in [0, 0.1) is 0 Å². The van der Waals surface area contributed by atoms with Crippen molar-refractivity contribution in [1.29, 1.82) is 0 Å². The van der Waals surface area contributed by atoms with E-state index in [0.717, 1.165) is 13.1 Å². The molecule has 1 aromatic heterocycles. The monoisotopic (exact) mass is 195 g/mol. The highest BCUT2D eigenvalue weighted by atomic mass is 16.2. The molecule has 2 heterocycles. The summed E-state index contributed by atoms with van der Waals surface area (Å²) in [6.45, 7) is 2.87. The van der Waals surface area contributed by atoms with Crippen LogP contribution in [0.2, 0.25) is 0 Å². The highest BCUT2D eigenvalue weighted by molar-refractivity contribution is 5.76. The van der Waals surface area contributed by atoms with Gasteiger partial charge in [-0.25, -0.2) is 9.78 Å². The summed E-state index contributed by atoms with van der Waals surface area (Å²) >= 11 is 0. The molecule has 0 bridgehead atoms. The van der Waals surface area contributed by atoms with Gasteiger partial charge in [0.15, 0.2) is 5.95 Å².